The average molecular weight is 207 g/mol. The predicted octanol–water partition coefficient (Wildman–Crippen LogP) is 1.78. The van der Waals surface area contributed by atoms with Crippen molar-refractivity contribution in [3.63, 3.8) is 0 Å². The molecule has 80 valence electrons. The fraction of sp³-hybridized carbons (Fsp3) is 0.182. The normalized spacial score (nSPS) is 11.5. The Morgan fingerprint density at radius 2 is 2.20 bits per heavy atom. The highest BCUT2D eigenvalue weighted by Gasteiger charge is 2.05. The fourth-order valence-corrected chi connectivity index (χ4v) is 0.905. The predicted molar refractivity (Wildman–Crippen MR) is 57.6 cm³/mol. The van der Waals surface area contributed by atoms with Gasteiger partial charge in [-0.3, -0.25) is 5.32 Å². The summed E-state index contributed by atoms with van der Waals surface area (Å²) >= 11 is 0. The van der Waals surface area contributed by atoms with Gasteiger partial charge < -0.3 is 9.84 Å². The number of hydrogen-bond donors (Lipinski definition) is 2. The van der Waals surface area contributed by atoms with E-state index in [-0.39, 0.29) is 6.61 Å². The number of amides is 1. The number of carbonyl (C=O) groups is 1. The van der Waals surface area contributed by atoms with Gasteiger partial charge in [0.25, 0.3) is 0 Å². The second-order valence-electron chi connectivity index (χ2n) is 2.89. The zero-order chi connectivity index (χ0) is 11.1. The molecule has 0 aliphatic heterocycles. The average Bonchev–Trinajstić information content (AvgIpc) is 2.27. The number of ether oxygens (including phenoxy) is 1. The third-order valence-electron chi connectivity index (χ3n) is 1.68. The summed E-state index contributed by atoms with van der Waals surface area (Å²) in [5.74, 6) is 0. The molecule has 0 saturated carbocycles. The number of rotatable bonds is 4. The van der Waals surface area contributed by atoms with E-state index in [2.05, 4.69) is 11.9 Å². The van der Waals surface area contributed by atoms with Gasteiger partial charge in [-0.1, -0.05) is 24.3 Å². The highest BCUT2D eigenvalue weighted by Crippen LogP contribution is 2.05. The van der Waals surface area contributed by atoms with Gasteiger partial charge in [-0.05, 0) is 12.1 Å². The maximum atomic E-state index is 11.2. The summed E-state index contributed by atoms with van der Waals surface area (Å²) in [5, 5.41) is 11.6. The van der Waals surface area contributed by atoms with Gasteiger partial charge in [-0.15, -0.1) is 6.58 Å². The first-order valence-electron chi connectivity index (χ1n) is 4.52. The van der Waals surface area contributed by atoms with Crippen LogP contribution in [0.2, 0.25) is 0 Å². The van der Waals surface area contributed by atoms with E-state index >= 15 is 0 Å². The number of benzene rings is 1. The van der Waals surface area contributed by atoms with E-state index < -0.39 is 12.2 Å². The number of nitrogens with one attached hydrogen (secondary N) is 1. The molecule has 15 heavy (non-hydrogen) atoms. The maximum Gasteiger partial charge on any atom is 0.411 e. The van der Waals surface area contributed by atoms with Crippen molar-refractivity contribution in [3.05, 3.63) is 43.0 Å². The van der Waals surface area contributed by atoms with Crippen molar-refractivity contribution in [3.8, 4) is 0 Å². The molecule has 0 bridgehead atoms. The molecule has 1 amide bonds. The van der Waals surface area contributed by atoms with Gasteiger partial charge in [0.05, 0.1) is 0 Å². The summed E-state index contributed by atoms with van der Waals surface area (Å²) in [6.07, 6.45) is -0.121. The summed E-state index contributed by atoms with van der Waals surface area (Å²) in [5.41, 5.74) is 0.649. The zero-order valence-electron chi connectivity index (χ0n) is 8.22. The van der Waals surface area contributed by atoms with E-state index in [0.29, 0.717) is 5.69 Å². The molecule has 0 saturated heterocycles. The van der Waals surface area contributed by atoms with Crippen molar-refractivity contribution in [2.75, 3.05) is 11.9 Å². The first kappa shape index (κ1) is 11.3. The minimum atomic E-state index is -0.827. The Morgan fingerprint density at radius 3 is 2.80 bits per heavy atom. The van der Waals surface area contributed by atoms with Crippen molar-refractivity contribution < 1.29 is 14.6 Å². The molecule has 4 heteroatoms. The van der Waals surface area contributed by atoms with Crippen LogP contribution in [-0.2, 0) is 4.74 Å². The van der Waals surface area contributed by atoms with Crippen molar-refractivity contribution in [1.82, 2.24) is 0 Å². The second kappa shape index (κ2) is 5.82. The Labute approximate surface area is 88.2 Å². The summed E-state index contributed by atoms with van der Waals surface area (Å²) in [6.45, 7) is 3.27. The Balaban J connectivity index is 2.34. The van der Waals surface area contributed by atoms with E-state index in [1.807, 2.05) is 6.07 Å². The molecule has 1 unspecified atom stereocenters. The van der Waals surface area contributed by atoms with Crippen LogP contribution in [0.5, 0.6) is 0 Å². The molecule has 0 aliphatic carbocycles. The van der Waals surface area contributed by atoms with Crippen LogP contribution >= 0.6 is 0 Å². The van der Waals surface area contributed by atoms with E-state index in [0.717, 1.165) is 0 Å². The molecular weight excluding hydrogens is 194 g/mol. The highest BCUT2D eigenvalue weighted by atomic mass is 16.6. The summed E-state index contributed by atoms with van der Waals surface area (Å²) < 4.78 is 4.73. The van der Waals surface area contributed by atoms with Gasteiger partial charge in [-0.2, -0.15) is 0 Å². The van der Waals surface area contributed by atoms with E-state index in [1.165, 1.54) is 6.08 Å². The zero-order valence-corrected chi connectivity index (χ0v) is 8.22. The molecule has 1 aromatic rings. The van der Waals surface area contributed by atoms with Crippen LogP contribution < -0.4 is 5.32 Å². The molecule has 4 nitrogen and oxygen atoms in total. The van der Waals surface area contributed by atoms with Crippen LogP contribution in [0, 0.1) is 0 Å². The van der Waals surface area contributed by atoms with Gasteiger partial charge in [-0.25, -0.2) is 4.79 Å². The van der Waals surface area contributed by atoms with Crippen LogP contribution in [0.3, 0.4) is 0 Å². The van der Waals surface area contributed by atoms with Crippen LogP contribution in [0.4, 0.5) is 10.5 Å². The van der Waals surface area contributed by atoms with Gasteiger partial charge in [0.1, 0.15) is 12.7 Å². The fourth-order valence-electron chi connectivity index (χ4n) is 0.905. The number of aliphatic hydroxyl groups excluding tert-OH is 1. The monoisotopic (exact) mass is 207 g/mol. The molecular formula is C11H13NO3. The second-order valence-corrected chi connectivity index (χ2v) is 2.89. The number of hydrogen-bond acceptors (Lipinski definition) is 3. The van der Waals surface area contributed by atoms with Gasteiger partial charge in [0, 0.05) is 5.69 Å². The summed E-state index contributed by atoms with van der Waals surface area (Å²) in [6, 6.07) is 8.93. The standard InChI is InChI=1S/C11H13NO3/c1-2-10(13)8-15-11(14)12-9-6-4-3-5-7-9/h2-7,10,13H,1,8H2,(H,12,14). The lowest BCUT2D eigenvalue weighted by Gasteiger charge is -2.08. The molecule has 1 rings (SSSR count). The van der Waals surface area contributed by atoms with Crippen molar-refractivity contribution >= 4 is 11.8 Å². The summed E-state index contributed by atoms with van der Waals surface area (Å²) in [7, 11) is 0. The molecule has 0 fully saturated rings. The Hall–Kier alpha value is -1.81. The lowest BCUT2D eigenvalue weighted by atomic mass is 10.3. The van der Waals surface area contributed by atoms with Gasteiger partial charge in [0.15, 0.2) is 0 Å². The van der Waals surface area contributed by atoms with Crippen LogP contribution in [-0.4, -0.2) is 23.9 Å². The van der Waals surface area contributed by atoms with Gasteiger partial charge in [0.2, 0.25) is 0 Å². The Bertz CT molecular complexity index is 324. The molecule has 0 aliphatic rings. The van der Waals surface area contributed by atoms with Crippen molar-refractivity contribution in [1.29, 1.82) is 0 Å². The number of anilines is 1. The lowest BCUT2D eigenvalue weighted by Crippen LogP contribution is -2.20. The maximum absolute atomic E-state index is 11.2. The highest BCUT2D eigenvalue weighted by molar-refractivity contribution is 5.84. The smallest absolute Gasteiger partial charge is 0.411 e. The molecule has 1 aromatic carbocycles. The number of aliphatic hydroxyl groups is 1. The quantitative estimate of drug-likeness (QED) is 0.740. The molecule has 2 N–H and O–H groups in total. The van der Waals surface area contributed by atoms with Gasteiger partial charge >= 0.3 is 6.09 Å². The molecule has 0 aromatic heterocycles. The van der Waals surface area contributed by atoms with Crippen molar-refractivity contribution in [2.24, 2.45) is 0 Å². The first-order valence-corrected chi connectivity index (χ1v) is 4.52. The third-order valence-corrected chi connectivity index (χ3v) is 1.68. The Kier molecular flexibility index (Phi) is 4.37. The van der Waals surface area contributed by atoms with Crippen LogP contribution in [0.25, 0.3) is 0 Å². The van der Waals surface area contributed by atoms with Crippen LogP contribution in [0.1, 0.15) is 0 Å². The molecule has 0 radical (unpaired) electrons. The molecule has 1 atom stereocenters. The van der Waals surface area contributed by atoms with E-state index in [1.54, 1.807) is 24.3 Å². The lowest BCUT2D eigenvalue weighted by molar-refractivity contribution is 0.100. The van der Waals surface area contributed by atoms with Crippen LogP contribution in [0.15, 0.2) is 43.0 Å². The summed E-state index contributed by atoms with van der Waals surface area (Å²) in [4.78, 5) is 11.2. The van der Waals surface area contributed by atoms with E-state index in [9.17, 15) is 4.79 Å². The van der Waals surface area contributed by atoms with E-state index in [4.69, 9.17) is 9.84 Å². The SMILES string of the molecule is C=CC(O)COC(=O)Nc1ccccc1. The largest absolute Gasteiger partial charge is 0.446 e. The number of para-hydroxylation sites is 1. The molecule has 0 spiro atoms. The van der Waals surface area contributed by atoms with Crippen molar-refractivity contribution in [2.45, 2.75) is 6.10 Å². The Morgan fingerprint density at radius 1 is 1.53 bits per heavy atom. The minimum absolute atomic E-state index is 0.0951. The first-order chi connectivity index (χ1) is 7.22. The minimum Gasteiger partial charge on any atom is -0.446 e. The topological polar surface area (TPSA) is 58.6 Å². The number of carbonyl (C=O) groups excluding carboxylic acids is 1. The third kappa shape index (κ3) is 4.28. The molecule has 0 heterocycles.